The lowest BCUT2D eigenvalue weighted by Crippen LogP contribution is -3.21. The highest BCUT2D eigenvalue weighted by molar-refractivity contribution is 6.39. The fourth-order valence-electron chi connectivity index (χ4n) is 2.29. The predicted octanol–water partition coefficient (Wildman–Crippen LogP) is -2.66. The summed E-state index contributed by atoms with van der Waals surface area (Å²) in [4.78, 5) is 24.7. The van der Waals surface area contributed by atoms with Gasteiger partial charge in [0.2, 0.25) is 0 Å². The van der Waals surface area contributed by atoms with Gasteiger partial charge in [-0.1, -0.05) is 0 Å². The van der Waals surface area contributed by atoms with E-state index in [4.69, 9.17) is 0 Å². The summed E-state index contributed by atoms with van der Waals surface area (Å²) >= 11 is 0. The molecule has 0 atom stereocenters. The topological polar surface area (TPSA) is 79.2 Å². The number of hydrogen-bond donors (Lipinski definition) is 4. The third kappa shape index (κ3) is 5.13. The van der Waals surface area contributed by atoms with E-state index in [9.17, 15) is 14.0 Å². The first-order valence-electron chi connectivity index (χ1n) is 7.15. The molecular formula is C14H21FN4O2+2. The van der Waals surface area contributed by atoms with Gasteiger partial charge >= 0.3 is 11.8 Å². The molecule has 1 aromatic rings. The van der Waals surface area contributed by atoms with E-state index in [1.54, 1.807) is 0 Å². The highest BCUT2D eigenvalue weighted by atomic mass is 19.1. The van der Waals surface area contributed by atoms with E-state index in [1.165, 1.54) is 29.2 Å². The molecule has 1 saturated heterocycles. The van der Waals surface area contributed by atoms with Gasteiger partial charge in [-0.15, -0.1) is 0 Å². The van der Waals surface area contributed by atoms with Crippen molar-refractivity contribution in [3.8, 4) is 0 Å². The number of benzene rings is 1. The van der Waals surface area contributed by atoms with Crippen molar-refractivity contribution in [1.82, 2.24) is 5.32 Å². The Bertz CT molecular complexity index is 486. The van der Waals surface area contributed by atoms with Crippen LogP contribution in [0.1, 0.15) is 0 Å². The second kappa shape index (κ2) is 7.70. The Morgan fingerprint density at radius 1 is 1.14 bits per heavy atom. The molecule has 1 fully saturated rings. The lowest BCUT2D eigenvalue weighted by molar-refractivity contribution is -0.945. The first-order valence-corrected chi connectivity index (χ1v) is 7.15. The first-order chi connectivity index (χ1) is 10.1. The minimum absolute atomic E-state index is 0.390. The van der Waals surface area contributed by atoms with Crippen LogP contribution in [0.2, 0.25) is 0 Å². The molecule has 6 nitrogen and oxygen atoms in total. The molecule has 0 spiro atoms. The number of halogens is 1. The standard InChI is InChI=1S/C14H19FN4O2/c15-11-1-3-12(4-2-11)18-14(21)13(20)17-7-10-19-8-5-16-6-9-19/h1-4,16H,5-10H2,(H,17,20)(H,18,21)/p+2. The molecule has 2 amide bonds. The van der Waals surface area contributed by atoms with Gasteiger partial charge in [0, 0.05) is 5.69 Å². The molecule has 0 radical (unpaired) electrons. The maximum atomic E-state index is 12.7. The minimum Gasteiger partial charge on any atom is -0.342 e. The minimum atomic E-state index is -0.733. The monoisotopic (exact) mass is 296 g/mol. The van der Waals surface area contributed by atoms with Crippen LogP contribution in [0, 0.1) is 5.82 Å². The van der Waals surface area contributed by atoms with Gasteiger partial charge in [-0.3, -0.25) is 9.59 Å². The third-order valence-corrected chi connectivity index (χ3v) is 3.48. The fourth-order valence-corrected chi connectivity index (χ4v) is 2.29. The number of hydrogen-bond acceptors (Lipinski definition) is 2. The van der Waals surface area contributed by atoms with Crippen molar-refractivity contribution in [3.63, 3.8) is 0 Å². The fraction of sp³-hybridized carbons (Fsp3) is 0.429. The summed E-state index contributed by atoms with van der Waals surface area (Å²) in [6.45, 7) is 5.67. The summed E-state index contributed by atoms with van der Waals surface area (Å²) in [5.74, 6) is -1.79. The number of amides is 2. The molecule has 1 aliphatic rings. The van der Waals surface area contributed by atoms with E-state index >= 15 is 0 Å². The summed E-state index contributed by atoms with van der Waals surface area (Å²) in [7, 11) is 0. The average Bonchev–Trinajstić information content (AvgIpc) is 2.50. The Balaban J connectivity index is 1.69. The summed E-state index contributed by atoms with van der Waals surface area (Å²) < 4.78 is 12.7. The number of carbonyl (C=O) groups is 2. The smallest absolute Gasteiger partial charge is 0.313 e. The molecule has 0 bridgehead atoms. The first kappa shape index (κ1) is 15.4. The predicted molar refractivity (Wildman–Crippen MR) is 75.3 cm³/mol. The van der Waals surface area contributed by atoms with Gasteiger partial charge in [0.25, 0.3) is 0 Å². The number of nitrogens with two attached hydrogens (primary N) is 1. The lowest BCUT2D eigenvalue weighted by atomic mass is 10.3. The zero-order chi connectivity index (χ0) is 15.1. The molecule has 0 aliphatic carbocycles. The lowest BCUT2D eigenvalue weighted by Gasteiger charge is -2.22. The van der Waals surface area contributed by atoms with Crippen molar-refractivity contribution in [3.05, 3.63) is 30.1 Å². The molecule has 7 heteroatoms. The van der Waals surface area contributed by atoms with E-state index in [-0.39, 0.29) is 5.82 Å². The van der Waals surface area contributed by atoms with Crippen molar-refractivity contribution in [1.29, 1.82) is 0 Å². The van der Waals surface area contributed by atoms with Crippen LogP contribution in [0.3, 0.4) is 0 Å². The van der Waals surface area contributed by atoms with Gasteiger partial charge in [-0.2, -0.15) is 0 Å². The molecule has 0 unspecified atom stereocenters. The average molecular weight is 296 g/mol. The maximum Gasteiger partial charge on any atom is 0.313 e. The summed E-state index contributed by atoms with van der Waals surface area (Å²) in [6, 6.07) is 5.28. The molecule has 1 aliphatic heterocycles. The van der Waals surface area contributed by atoms with Gasteiger partial charge in [0.05, 0.1) is 13.1 Å². The molecule has 21 heavy (non-hydrogen) atoms. The van der Waals surface area contributed by atoms with Crippen molar-refractivity contribution in [2.45, 2.75) is 0 Å². The van der Waals surface area contributed by atoms with Crippen molar-refractivity contribution in [2.24, 2.45) is 0 Å². The molecule has 0 saturated carbocycles. The Morgan fingerprint density at radius 2 is 1.81 bits per heavy atom. The van der Waals surface area contributed by atoms with Gasteiger partial charge in [-0.25, -0.2) is 4.39 Å². The number of piperazine rings is 1. The van der Waals surface area contributed by atoms with E-state index in [2.05, 4.69) is 16.0 Å². The largest absolute Gasteiger partial charge is 0.342 e. The molecule has 2 rings (SSSR count). The number of carbonyl (C=O) groups excluding carboxylic acids is 2. The van der Waals surface area contributed by atoms with Crippen LogP contribution in [-0.4, -0.2) is 51.1 Å². The number of anilines is 1. The van der Waals surface area contributed by atoms with E-state index < -0.39 is 11.8 Å². The summed E-state index contributed by atoms with van der Waals surface area (Å²) in [6.07, 6.45) is 0. The van der Waals surface area contributed by atoms with Crippen LogP contribution in [0.5, 0.6) is 0 Å². The SMILES string of the molecule is O=C(NCC[NH+]1CC[NH2+]CC1)C(=O)Nc1ccc(F)cc1. The zero-order valence-corrected chi connectivity index (χ0v) is 11.8. The number of rotatable bonds is 4. The Hall–Kier alpha value is -1.99. The molecule has 114 valence electrons. The van der Waals surface area contributed by atoms with Crippen molar-refractivity contribution >= 4 is 17.5 Å². The van der Waals surface area contributed by atoms with Gasteiger partial charge in [0.1, 0.15) is 32.0 Å². The highest BCUT2D eigenvalue weighted by Gasteiger charge is 2.17. The van der Waals surface area contributed by atoms with Crippen LogP contribution < -0.4 is 20.9 Å². The summed E-state index contributed by atoms with van der Waals surface area (Å²) in [5.41, 5.74) is 0.397. The Kier molecular flexibility index (Phi) is 5.65. The number of nitrogens with one attached hydrogen (secondary N) is 3. The van der Waals surface area contributed by atoms with Crippen LogP contribution in [0.15, 0.2) is 24.3 Å². The quantitative estimate of drug-likeness (QED) is 0.458. The summed E-state index contributed by atoms with van der Waals surface area (Å²) in [5, 5.41) is 7.31. The normalized spacial score (nSPS) is 15.5. The third-order valence-electron chi connectivity index (χ3n) is 3.48. The van der Waals surface area contributed by atoms with Gasteiger partial charge in [-0.05, 0) is 24.3 Å². The van der Waals surface area contributed by atoms with E-state index in [0.717, 1.165) is 32.7 Å². The van der Waals surface area contributed by atoms with Gasteiger partial charge < -0.3 is 20.9 Å². The highest BCUT2D eigenvalue weighted by Crippen LogP contribution is 2.07. The van der Waals surface area contributed by atoms with Crippen LogP contribution in [-0.2, 0) is 9.59 Å². The van der Waals surface area contributed by atoms with Crippen molar-refractivity contribution < 1.29 is 24.2 Å². The van der Waals surface area contributed by atoms with E-state index in [0.29, 0.717) is 12.2 Å². The maximum absolute atomic E-state index is 12.7. The van der Waals surface area contributed by atoms with Crippen molar-refractivity contribution in [2.75, 3.05) is 44.6 Å². The Morgan fingerprint density at radius 3 is 2.48 bits per heavy atom. The number of quaternary nitrogens is 2. The van der Waals surface area contributed by atoms with Crippen LogP contribution in [0.25, 0.3) is 0 Å². The molecular weight excluding hydrogens is 275 g/mol. The zero-order valence-electron chi connectivity index (χ0n) is 11.8. The van der Waals surface area contributed by atoms with Crippen LogP contribution >= 0.6 is 0 Å². The van der Waals surface area contributed by atoms with Gasteiger partial charge in [0.15, 0.2) is 0 Å². The second-order valence-corrected chi connectivity index (χ2v) is 5.08. The second-order valence-electron chi connectivity index (χ2n) is 5.08. The molecule has 5 N–H and O–H groups in total. The van der Waals surface area contributed by atoms with E-state index in [1.807, 2.05) is 0 Å². The van der Waals surface area contributed by atoms with Crippen LogP contribution in [0.4, 0.5) is 10.1 Å². The molecule has 1 aromatic carbocycles. The molecule has 0 aromatic heterocycles. The molecule has 1 heterocycles. The Labute approximate surface area is 122 Å².